The lowest BCUT2D eigenvalue weighted by Gasteiger charge is -2.01. The maximum atomic E-state index is 10.2. The molecule has 12 heavy (non-hydrogen) atoms. The van der Waals surface area contributed by atoms with Crippen molar-refractivity contribution in [1.29, 1.82) is 0 Å². The number of rotatable bonds is 5. The molecule has 0 fully saturated rings. The molecule has 0 aliphatic heterocycles. The van der Waals surface area contributed by atoms with Crippen molar-refractivity contribution in [1.82, 2.24) is 0 Å². The van der Waals surface area contributed by atoms with E-state index in [9.17, 15) is 9.59 Å². The lowest BCUT2D eigenvalue weighted by atomic mass is 10.1. The summed E-state index contributed by atoms with van der Waals surface area (Å²) in [5.41, 5.74) is 5.15. The third-order valence-electron chi connectivity index (χ3n) is 1.22. The molecule has 5 nitrogen and oxygen atoms in total. The zero-order chi connectivity index (χ0) is 9.56. The van der Waals surface area contributed by atoms with Crippen LogP contribution < -0.4 is 5.73 Å². The Labute approximate surface area is 69.5 Å². The number of aliphatic carboxylic acids is 2. The Kier molecular flexibility index (Phi) is 4.71. The van der Waals surface area contributed by atoms with E-state index in [1.165, 1.54) is 6.08 Å². The maximum Gasteiger partial charge on any atom is 0.327 e. The summed E-state index contributed by atoms with van der Waals surface area (Å²) in [4.78, 5) is 20.1. The van der Waals surface area contributed by atoms with Gasteiger partial charge in [-0.25, -0.2) is 4.79 Å². The van der Waals surface area contributed by atoms with Crippen LogP contribution in [0, 0.1) is 0 Å². The van der Waals surface area contributed by atoms with Gasteiger partial charge in [0.2, 0.25) is 0 Å². The van der Waals surface area contributed by atoms with Crippen LogP contribution in [0.5, 0.6) is 0 Å². The second-order valence-electron chi connectivity index (χ2n) is 2.26. The highest BCUT2D eigenvalue weighted by molar-refractivity contribution is 5.79. The van der Waals surface area contributed by atoms with Crippen LogP contribution >= 0.6 is 0 Å². The van der Waals surface area contributed by atoms with Gasteiger partial charge in [-0.3, -0.25) is 4.79 Å². The lowest BCUT2D eigenvalue weighted by molar-refractivity contribution is -0.138. The average Bonchev–Trinajstić information content (AvgIpc) is 1.97. The number of allylic oxidation sites excluding steroid dienone is 1. The van der Waals surface area contributed by atoms with E-state index in [-0.39, 0.29) is 6.42 Å². The highest BCUT2D eigenvalue weighted by Crippen LogP contribution is 1.95. The van der Waals surface area contributed by atoms with Crippen molar-refractivity contribution in [2.45, 2.75) is 18.9 Å². The molecule has 0 spiro atoms. The Balaban J connectivity index is 3.56. The van der Waals surface area contributed by atoms with Gasteiger partial charge < -0.3 is 15.9 Å². The monoisotopic (exact) mass is 173 g/mol. The first-order valence-electron chi connectivity index (χ1n) is 3.42. The summed E-state index contributed by atoms with van der Waals surface area (Å²) in [5, 5.41) is 16.5. The summed E-state index contributed by atoms with van der Waals surface area (Å²) in [5.74, 6) is -2.11. The third kappa shape index (κ3) is 5.43. The van der Waals surface area contributed by atoms with Crippen LogP contribution in [-0.2, 0) is 9.59 Å². The quantitative estimate of drug-likeness (QED) is 0.500. The van der Waals surface area contributed by atoms with Crippen molar-refractivity contribution < 1.29 is 19.8 Å². The van der Waals surface area contributed by atoms with Gasteiger partial charge in [0.05, 0.1) is 0 Å². The summed E-state index contributed by atoms with van der Waals surface area (Å²) in [6.07, 6.45) is 2.96. The molecule has 1 atom stereocenters. The summed E-state index contributed by atoms with van der Waals surface area (Å²) in [6, 6.07) is -0.913. The molecule has 0 rings (SSSR count). The lowest BCUT2D eigenvalue weighted by Crippen LogP contribution is -2.29. The minimum Gasteiger partial charge on any atom is -0.480 e. The number of hydrogen-bond acceptors (Lipinski definition) is 3. The summed E-state index contributed by atoms with van der Waals surface area (Å²) >= 11 is 0. The Morgan fingerprint density at radius 3 is 2.42 bits per heavy atom. The maximum absolute atomic E-state index is 10.2. The SMILES string of the molecule is N[C@H](CC/C=C\C(=O)O)C(=O)O. The zero-order valence-electron chi connectivity index (χ0n) is 6.43. The van der Waals surface area contributed by atoms with E-state index in [4.69, 9.17) is 15.9 Å². The Morgan fingerprint density at radius 1 is 1.42 bits per heavy atom. The molecule has 0 radical (unpaired) electrons. The van der Waals surface area contributed by atoms with Gasteiger partial charge >= 0.3 is 11.9 Å². The van der Waals surface area contributed by atoms with Gasteiger partial charge in [-0.1, -0.05) is 6.08 Å². The molecular formula is C7H11NO4. The Hall–Kier alpha value is -1.36. The second kappa shape index (κ2) is 5.31. The van der Waals surface area contributed by atoms with Crippen molar-refractivity contribution in [2.75, 3.05) is 0 Å². The number of carboxylic acid groups (broad SMARTS) is 2. The van der Waals surface area contributed by atoms with Gasteiger partial charge in [-0.05, 0) is 12.8 Å². The van der Waals surface area contributed by atoms with Gasteiger partial charge in [0.25, 0.3) is 0 Å². The van der Waals surface area contributed by atoms with E-state index < -0.39 is 18.0 Å². The molecule has 0 aromatic carbocycles. The number of nitrogens with two attached hydrogens (primary N) is 1. The smallest absolute Gasteiger partial charge is 0.327 e. The first kappa shape index (κ1) is 10.6. The minimum atomic E-state index is -1.07. The molecule has 0 heterocycles. The molecular weight excluding hydrogens is 162 g/mol. The third-order valence-corrected chi connectivity index (χ3v) is 1.22. The van der Waals surface area contributed by atoms with Gasteiger partial charge in [0.15, 0.2) is 0 Å². The van der Waals surface area contributed by atoms with Gasteiger partial charge in [0.1, 0.15) is 6.04 Å². The van der Waals surface area contributed by atoms with Crippen molar-refractivity contribution in [3.05, 3.63) is 12.2 Å². The number of carbonyl (C=O) groups is 2. The second-order valence-corrected chi connectivity index (χ2v) is 2.26. The summed E-state index contributed by atoms with van der Waals surface area (Å²) in [7, 11) is 0. The van der Waals surface area contributed by atoms with Gasteiger partial charge in [0, 0.05) is 6.08 Å². The van der Waals surface area contributed by atoms with Crippen molar-refractivity contribution in [3.8, 4) is 0 Å². The first-order valence-corrected chi connectivity index (χ1v) is 3.42. The number of hydrogen-bond donors (Lipinski definition) is 3. The fourth-order valence-electron chi connectivity index (χ4n) is 0.583. The topological polar surface area (TPSA) is 101 Å². The van der Waals surface area contributed by atoms with Gasteiger partial charge in [-0.2, -0.15) is 0 Å². The normalized spacial score (nSPS) is 13.1. The van der Waals surface area contributed by atoms with E-state index in [1.54, 1.807) is 0 Å². The van der Waals surface area contributed by atoms with E-state index in [0.717, 1.165) is 6.08 Å². The zero-order valence-corrected chi connectivity index (χ0v) is 6.43. The minimum absolute atomic E-state index is 0.249. The van der Waals surface area contributed by atoms with Crippen LogP contribution in [-0.4, -0.2) is 28.2 Å². The summed E-state index contributed by atoms with van der Waals surface area (Å²) in [6.45, 7) is 0. The van der Waals surface area contributed by atoms with E-state index >= 15 is 0 Å². The first-order chi connectivity index (χ1) is 5.54. The molecule has 0 saturated carbocycles. The van der Waals surface area contributed by atoms with Crippen LogP contribution in [0.25, 0.3) is 0 Å². The van der Waals surface area contributed by atoms with E-state index in [0.29, 0.717) is 6.42 Å². The van der Waals surface area contributed by atoms with E-state index in [1.807, 2.05) is 0 Å². The Bertz CT molecular complexity index is 200. The highest BCUT2D eigenvalue weighted by atomic mass is 16.4. The number of carboxylic acids is 2. The van der Waals surface area contributed by atoms with Crippen LogP contribution in [0.4, 0.5) is 0 Å². The van der Waals surface area contributed by atoms with Crippen molar-refractivity contribution in [2.24, 2.45) is 5.73 Å². The van der Waals surface area contributed by atoms with Crippen molar-refractivity contribution in [3.63, 3.8) is 0 Å². The average molecular weight is 173 g/mol. The molecule has 0 saturated heterocycles. The van der Waals surface area contributed by atoms with Crippen molar-refractivity contribution >= 4 is 11.9 Å². The highest BCUT2D eigenvalue weighted by Gasteiger charge is 2.08. The predicted molar refractivity (Wildman–Crippen MR) is 41.6 cm³/mol. The molecule has 0 amide bonds. The molecule has 0 aliphatic rings. The standard InChI is InChI=1S/C7H11NO4/c8-5(7(11)12)3-1-2-4-6(9)10/h2,4-5H,1,3,8H2,(H,9,10)(H,11,12)/b4-2-/t5-/m1/s1. The molecule has 0 aromatic rings. The van der Waals surface area contributed by atoms with Crippen LogP contribution in [0.1, 0.15) is 12.8 Å². The van der Waals surface area contributed by atoms with Crippen LogP contribution in [0.15, 0.2) is 12.2 Å². The van der Waals surface area contributed by atoms with Crippen LogP contribution in [0.2, 0.25) is 0 Å². The van der Waals surface area contributed by atoms with E-state index in [2.05, 4.69) is 0 Å². The molecule has 0 bridgehead atoms. The largest absolute Gasteiger partial charge is 0.480 e. The fourth-order valence-corrected chi connectivity index (χ4v) is 0.583. The van der Waals surface area contributed by atoms with Gasteiger partial charge in [-0.15, -0.1) is 0 Å². The Morgan fingerprint density at radius 2 is 2.00 bits per heavy atom. The van der Waals surface area contributed by atoms with Crippen LogP contribution in [0.3, 0.4) is 0 Å². The fraction of sp³-hybridized carbons (Fsp3) is 0.429. The molecule has 68 valence electrons. The molecule has 4 N–H and O–H groups in total. The molecule has 0 unspecified atom stereocenters. The predicted octanol–water partition coefficient (Wildman–Crippen LogP) is -0.181. The molecule has 0 aliphatic carbocycles. The molecule has 0 aromatic heterocycles. The molecule has 5 heteroatoms. The summed E-state index contributed by atoms with van der Waals surface area (Å²) < 4.78 is 0.